The summed E-state index contributed by atoms with van der Waals surface area (Å²) in [6.45, 7) is 11.7. The number of carbonyl (C=O) groups excluding carboxylic acids is 1. The van der Waals surface area contributed by atoms with Crippen LogP contribution in [-0.4, -0.2) is 38.7 Å². The van der Waals surface area contributed by atoms with Crippen LogP contribution >= 0.6 is 23.1 Å². The van der Waals surface area contributed by atoms with Crippen LogP contribution in [0.25, 0.3) is 10.2 Å². The minimum absolute atomic E-state index is 0.0429. The number of hydrogen-bond acceptors (Lipinski definition) is 5. The molecule has 1 aliphatic rings. The maximum Gasteiger partial charge on any atom is 0.263 e. The summed E-state index contributed by atoms with van der Waals surface area (Å²) >= 11 is 2.92. The first-order chi connectivity index (χ1) is 12.9. The molecule has 1 saturated heterocycles. The molecular weight excluding hydrogens is 378 g/mol. The molecule has 1 amide bonds. The van der Waals surface area contributed by atoms with E-state index in [1.807, 2.05) is 25.7 Å². The monoisotopic (exact) mass is 405 g/mol. The van der Waals surface area contributed by atoms with Crippen LogP contribution in [0.5, 0.6) is 0 Å². The van der Waals surface area contributed by atoms with Gasteiger partial charge in [-0.3, -0.25) is 14.2 Å². The second-order valence-electron chi connectivity index (χ2n) is 7.06. The molecule has 0 bridgehead atoms. The Kier molecular flexibility index (Phi) is 6.42. The van der Waals surface area contributed by atoms with Gasteiger partial charge in [0.15, 0.2) is 5.16 Å². The van der Waals surface area contributed by atoms with E-state index in [4.69, 9.17) is 4.98 Å². The summed E-state index contributed by atoms with van der Waals surface area (Å²) in [6, 6.07) is 0. The number of aromatic nitrogens is 2. The van der Waals surface area contributed by atoms with E-state index in [9.17, 15) is 9.59 Å². The van der Waals surface area contributed by atoms with Gasteiger partial charge in [0.05, 0.1) is 10.6 Å². The first-order valence-electron chi connectivity index (χ1n) is 9.51. The molecule has 0 spiro atoms. The molecule has 1 aliphatic heterocycles. The van der Waals surface area contributed by atoms with Gasteiger partial charge in [-0.2, -0.15) is 0 Å². The van der Waals surface area contributed by atoms with Gasteiger partial charge < -0.3 is 4.90 Å². The van der Waals surface area contributed by atoms with Gasteiger partial charge in [-0.1, -0.05) is 30.7 Å². The van der Waals surface area contributed by atoms with E-state index in [0.29, 0.717) is 17.1 Å². The topological polar surface area (TPSA) is 55.2 Å². The van der Waals surface area contributed by atoms with E-state index in [2.05, 4.69) is 6.58 Å². The molecule has 1 unspecified atom stereocenters. The number of carbonyl (C=O) groups is 1. The molecule has 0 saturated carbocycles. The fourth-order valence-corrected chi connectivity index (χ4v) is 5.52. The number of likely N-dealkylation sites (tertiary alicyclic amines) is 1. The third-order valence-corrected chi connectivity index (χ3v) is 7.29. The van der Waals surface area contributed by atoms with Gasteiger partial charge in [0.2, 0.25) is 5.91 Å². The van der Waals surface area contributed by atoms with Gasteiger partial charge in [-0.15, -0.1) is 17.9 Å². The molecule has 0 aromatic carbocycles. The molecule has 7 heteroatoms. The van der Waals surface area contributed by atoms with E-state index in [1.54, 1.807) is 22.0 Å². The average molecular weight is 406 g/mol. The molecule has 2 aromatic heterocycles. The molecule has 146 valence electrons. The van der Waals surface area contributed by atoms with Crippen LogP contribution in [0.1, 0.15) is 43.0 Å². The van der Waals surface area contributed by atoms with Crippen molar-refractivity contribution in [2.45, 2.75) is 63.4 Å². The zero-order valence-corrected chi connectivity index (χ0v) is 17.9. The zero-order valence-electron chi connectivity index (χ0n) is 16.3. The number of rotatable bonds is 5. The van der Waals surface area contributed by atoms with Crippen molar-refractivity contribution in [3.05, 3.63) is 33.4 Å². The Hall–Kier alpha value is -1.60. The van der Waals surface area contributed by atoms with Crippen LogP contribution in [0.2, 0.25) is 0 Å². The summed E-state index contributed by atoms with van der Waals surface area (Å²) in [7, 11) is 0. The summed E-state index contributed by atoms with van der Waals surface area (Å²) in [4.78, 5) is 34.5. The van der Waals surface area contributed by atoms with Crippen LogP contribution in [0.4, 0.5) is 0 Å². The highest BCUT2D eigenvalue weighted by atomic mass is 32.2. The maximum atomic E-state index is 13.0. The van der Waals surface area contributed by atoms with E-state index in [-0.39, 0.29) is 16.7 Å². The van der Waals surface area contributed by atoms with Crippen LogP contribution in [0.3, 0.4) is 0 Å². The predicted octanol–water partition coefficient (Wildman–Crippen LogP) is 4.14. The summed E-state index contributed by atoms with van der Waals surface area (Å²) in [6.07, 6.45) is 6.23. The van der Waals surface area contributed by atoms with Gasteiger partial charge in [-0.25, -0.2) is 4.98 Å². The molecule has 3 heterocycles. The number of hydrogen-bond donors (Lipinski definition) is 0. The summed E-state index contributed by atoms with van der Waals surface area (Å²) in [5.41, 5.74) is 0.953. The quantitative estimate of drug-likeness (QED) is 0.426. The Morgan fingerprint density at radius 3 is 2.59 bits per heavy atom. The SMILES string of the molecule is C=CCn1c(SC(C)C(=O)N2CCCCCC2)nc2sc(C)c(C)c2c1=O. The first-order valence-corrected chi connectivity index (χ1v) is 11.2. The van der Waals surface area contributed by atoms with Crippen molar-refractivity contribution >= 4 is 39.2 Å². The summed E-state index contributed by atoms with van der Waals surface area (Å²) in [5.74, 6) is 0.139. The Balaban J connectivity index is 1.93. The highest BCUT2D eigenvalue weighted by Crippen LogP contribution is 2.30. The van der Waals surface area contributed by atoms with E-state index >= 15 is 0 Å². The number of amides is 1. The van der Waals surface area contributed by atoms with Crippen LogP contribution < -0.4 is 5.56 Å². The fraction of sp³-hybridized carbons (Fsp3) is 0.550. The summed E-state index contributed by atoms with van der Waals surface area (Å²) < 4.78 is 1.64. The average Bonchev–Trinajstić information content (AvgIpc) is 2.83. The molecule has 1 atom stereocenters. The Morgan fingerprint density at radius 2 is 1.96 bits per heavy atom. The second kappa shape index (κ2) is 8.61. The van der Waals surface area contributed by atoms with Crippen LogP contribution in [-0.2, 0) is 11.3 Å². The lowest BCUT2D eigenvalue weighted by molar-refractivity contribution is -0.130. The Labute approximate surface area is 168 Å². The van der Waals surface area contributed by atoms with Crippen molar-refractivity contribution in [1.82, 2.24) is 14.5 Å². The zero-order chi connectivity index (χ0) is 19.6. The smallest absolute Gasteiger partial charge is 0.263 e. The molecule has 3 rings (SSSR count). The Bertz CT molecular complexity index is 908. The van der Waals surface area contributed by atoms with Gasteiger partial charge in [0, 0.05) is 24.5 Å². The van der Waals surface area contributed by atoms with Crippen molar-refractivity contribution in [3.63, 3.8) is 0 Å². The minimum atomic E-state index is -0.273. The number of nitrogens with zero attached hydrogens (tertiary/aromatic N) is 3. The van der Waals surface area contributed by atoms with E-state index < -0.39 is 0 Å². The fourth-order valence-electron chi connectivity index (χ4n) is 3.45. The van der Waals surface area contributed by atoms with Crippen LogP contribution in [0, 0.1) is 13.8 Å². The first kappa shape index (κ1) is 20.1. The highest BCUT2D eigenvalue weighted by Gasteiger charge is 2.25. The van der Waals surface area contributed by atoms with Crippen molar-refractivity contribution < 1.29 is 4.79 Å². The van der Waals surface area contributed by atoms with Gasteiger partial charge >= 0.3 is 0 Å². The molecule has 0 N–H and O–H groups in total. The molecule has 27 heavy (non-hydrogen) atoms. The second-order valence-corrected chi connectivity index (χ2v) is 9.57. The molecule has 0 aliphatic carbocycles. The van der Waals surface area contributed by atoms with Crippen molar-refractivity contribution in [1.29, 1.82) is 0 Å². The number of fused-ring (bicyclic) bond motifs is 1. The van der Waals surface area contributed by atoms with E-state index in [0.717, 1.165) is 41.2 Å². The van der Waals surface area contributed by atoms with Crippen molar-refractivity contribution in [3.8, 4) is 0 Å². The van der Waals surface area contributed by atoms with Crippen LogP contribution in [0.15, 0.2) is 22.6 Å². The molecule has 0 radical (unpaired) electrons. The molecule has 5 nitrogen and oxygen atoms in total. The number of thioether (sulfide) groups is 1. The van der Waals surface area contributed by atoms with Gasteiger partial charge in [0.1, 0.15) is 4.83 Å². The third-order valence-electron chi connectivity index (χ3n) is 5.11. The summed E-state index contributed by atoms with van der Waals surface area (Å²) in [5, 5.41) is 1.02. The predicted molar refractivity (Wildman–Crippen MR) is 114 cm³/mol. The van der Waals surface area contributed by atoms with Gasteiger partial charge in [0.25, 0.3) is 5.56 Å². The third kappa shape index (κ3) is 4.14. The van der Waals surface area contributed by atoms with Crippen molar-refractivity contribution in [2.24, 2.45) is 0 Å². The maximum absolute atomic E-state index is 13.0. The lowest BCUT2D eigenvalue weighted by Gasteiger charge is -2.24. The number of aryl methyl sites for hydroxylation is 2. The van der Waals surface area contributed by atoms with E-state index in [1.165, 1.54) is 24.6 Å². The standard InChI is InChI=1S/C20H27N3O2S2/c1-5-10-23-19(25)16-13(2)14(3)26-17(16)21-20(23)27-15(4)18(24)22-11-8-6-7-9-12-22/h5,15H,1,6-12H2,2-4H3. The molecule has 1 fully saturated rings. The largest absolute Gasteiger partial charge is 0.342 e. The minimum Gasteiger partial charge on any atom is -0.342 e. The normalized spacial score (nSPS) is 16.3. The van der Waals surface area contributed by atoms with Gasteiger partial charge in [-0.05, 0) is 39.2 Å². The molecule has 2 aromatic rings. The number of allylic oxidation sites excluding steroid dienone is 1. The molecular formula is C20H27N3O2S2. The lowest BCUT2D eigenvalue weighted by atomic mass is 10.2. The lowest BCUT2D eigenvalue weighted by Crippen LogP contribution is -2.37. The number of thiophene rings is 1. The highest BCUT2D eigenvalue weighted by molar-refractivity contribution is 8.00. The Morgan fingerprint density at radius 1 is 1.30 bits per heavy atom. The van der Waals surface area contributed by atoms with Crippen molar-refractivity contribution in [2.75, 3.05) is 13.1 Å².